The summed E-state index contributed by atoms with van der Waals surface area (Å²) in [4.78, 5) is 15.6. The Labute approximate surface area is 117 Å². The van der Waals surface area contributed by atoms with Gasteiger partial charge in [-0.2, -0.15) is 0 Å². The van der Waals surface area contributed by atoms with Crippen molar-refractivity contribution in [3.8, 4) is 0 Å². The number of benzene rings is 1. The number of halogens is 1. The van der Waals surface area contributed by atoms with Gasteiger partial charge in [-0.15, -0.1) is 0 Å². The fourth-order valence-electron chi connectivity index (χ4n) is 1.71. The molecule has 0 aliphatic carbocycles. The number of pyridine rings is 1. The van der Waals surface area contributed by atoms with Gasteiger partial charge >= 0.3 is 0 Å². The number of anilines is 1. The van der Waals surface area contributed by atoms with Gasteiger partial charge in [0.1, 0.15) is 5.82 Å². The van der Waals surface area contributed by atoms with Crippen LogP contribution in [0.1, 0.15) is 12.0 Å². The molecule has 0 fully saturated rings. The van der Waals surface area contributed by atoms with Crippen LogP contribution in [-0.2, 0) is 11.3 Å². The Morgan fingerprint density at radius 1 is 1.20 bits per heavy atom. The van der Waals surface area contributed by atoms with E-state index in [1.165, 1.54) is 12.1 Å². The fraction of sp³-hybridized carbons (Fsp3) is 0.200. The molecule has 0 atom stereocenters. The molecule has 20 heavy (non-hydrogen) atoms. The number of amides is 1. The number of para-hydroxylation sites is 1. The zero-order valence-electron chi connectivity index (χ0n) is 11.0. The summed E-state index contributed by atoms with van der Waals surface area (Å²) in [5.41, 5.74) is 1.27. The van der Waals surface area contributed by atoms with Crippen LogP contribution in [-0.4, -0.2) is 17.4 Å². The number of rotatable bonds is 6. The summed E-state index contributed by atoms with van der Waals surface area (Å²) in [7, 11) is 0. The molecule has 0 spiro atoms. The number of nitrogens with one attached hydrogen (secondary N) is 2. The van der Waals surface area contributed by atoms with Crippen LogP contribution in [0.2, 0.25) is 0 Å². The van der Waals surface area contributed by atoms with Gasteiger partial charge in [-0.05, 0) is 23.8 Å². The molecule has 1 aromatic heterocycles. The summed E-state index contributed by atoms with van der Waals surface area (Å²) in [6.07, 6.45) is 3.77. The van der Waals surface area contributed by atoms with Crippen LogP contribution in [0.5, 0.6) is 0 Å². The molecule has 0 saturated carbocycles. The molecule has 4 nitrogen and oxygen atoms in total. The normalized spacial score (nSPS) is 10.2. The Morgan fingerprint density at radius 2 is 2.05 bits per heavy atom. The average molecular weight is 273 g/mol. The van der Waals surface area contributed by atoms with Gasteiger partial charge in [-0.3, -0.25) is 9.78 Å². The van der Waals surface area contributed by atoms with Gasteiger partial charge < -0.3 is 10.6 Å². The highest BCUT2D eigenvalue weighted by molar-refractivity contribution is 5.90. The van der Waals surface area contributed by atoms with Crippen molar-refractivity contribution < 1.29 is 9.18 Å². The average Bonchev–Trinajstić information content (AvgIpc) is 2.47. The predicted molar refractivity (Wildman–Crippen MR) is 75.6 cm³/mol. The monoisotopic (exact) mass is 273 g/mol. The first-order chi connectivity index (χ1) is 9.75. The molecule has 1 amide bonds. The minimum absolute atomic E-state index is 0.213. The Bertz CT molecular complexity index is 560. The Balaban J connectivity index is 1.69. The van der Waals surface area contributed by atoms with Crippen LogP contribution in [0.25, 0.3) is 0 Å². The van der Waals surface area contributed by atoms with Crippen molar-refractivity contribution in [1.82, 2.24) is 10.3 Å². The lowest BCUT2D eigenvalue weighted by molar-refractivity contribution is -0.116. The standard InChI is InChI=1S/C15H16FN3O/c16-13-5-1-2-6-14(13)19-15(20)7-9-18-11-12-4-3-8-17-10-12/h1-6,8,10,18H,7,9,11H2,(H,19,20). The molecule has 0 saturated heterocycles. The molecule has 0 radical (unpaired) electrons. The first-order valence-electron chi connectivity index (χ1n) is 6.40. The van der Waals surface area contributed by atoms with E-state index in [0.717, 1.165) is 5.56 Å². The maximum absolute atomic E-state index is 13.3. The van der Waals surface area contributed by atoms with Crippen LogP contribution in [0.4, 0.5) is 10.1 Å². The Kier molecular flexibility index (Phi) is 5.20. The third-order valence-electron chi connectivity index (χ3n) is 2.73. The van der Waals surface area contributed by atoms with Gasteiger partial charge in [-0.25, -0.2) is 4.39 Å². The number of carbonyl (C=O) groups excluding carboxylic acids is 1. The fourth-order valence-corrected chi connectivity index (χ4v) is 1.71. The molecule has 2 rings (SSSR count). The third-order valence-corrected chi connectivity index (χ3v) is 2.73. The van der Waals surface area contributed by atoms with E-state index in [-0.39, 0.29) is 18.0 Å². The van der Waals surface area contributed by atoms with Gasteiger partial charge in [0.2, 0.25) is 5.91 Å². The molecule has 2 N–H and O–H groups in total. The molecule has 1 heterocycles. The Morgan fingerprint density at radius 3 is 2.80 bits per heavy atom. The van der Waals surface area contributed by atoms with Crippen molar-refractivity contribution >= 4 is 11.6 Å². The first kappa shape index (κ1) is 14.1. The first-order valence-corrected chi connectivity index (χ1v) is 6.40. The van der Waals surface area contributed by atoms with Crippen molar-refractivity contribution in [1.29, 1.82) is 0 Å². The molecule has 104 valence electrons. The highest BCUT2D eigenvalue weighted by Gasteiger charge is 2.05. The highest BCUT2D eigenvalue weighted by Crippen LogP contribution is 2.12. The van der Waals surface area contributed by atoms with E-state index in [0.29, 0.717) is 13.1 Å². The number of aromatic nitrogens is 1. The number of hydrogen-bond acceptors (Lipinski definition) is 3. The second-order valence-corrected chi connectivity index (χ2v) is 4.32. The third kappa shape index (κ3) is 4.44. The molecule has 2 aromatic rings. The molecule has 5 heteroatoms. The van der Waals surface area contributed by atoms with Crippen molar-refractivity contribution in [3.05, 3.63) is 60.2 Å². The number of carbonyl (C=O) groups is 1. The van der Waals surface area contributed by atoms with Gasteiger partial charge in [0.05, 0.1) is 5.69 Å². The van der Waals surface area contributed by atoms with Crippen LogP contribution in [0, 0.1) is 5.82 Å². The van der Waals surface area contributed by atoms with Crippen molar-refractivity contribution in [2.75, 3.05) is 11.9 Å². The van der Waals surface area contributed by atoms with E-state index in [2.05, 4.69) is 15.6 Å². The maximum atomic E-state index is 13.3. The summed E-state index contributed by atoms with van der Waals surface area (Å²) in [5.74, 6) is -0.641. The van der Waals surface area contributed by atoms with Crippen molar-refractivity contribution in [2.24, 2.45) is 0 Å². The largest absolute Gasteiger partial charge is 0.324 e. The molecule has 0 unspecified atom stereocenters. The van der Waals surface area contributed by atoms with E-state index in [9.17, 15) is 9.18 Å². The molecule has 0 bridgehead atoms. The van der Waals surface area contributed by atoms with Gasteiger partial charge in [-0.1, -0.05) is 18.2 Å². The SMILES string of the molecule is O=C(CCNCc1cccnc1)Nc1ccccc1F. The molecule has 1 aromatic carbocycles. The lowest BCUT2D eigenvalue weighted by Crippen LogP contribution is -2.21. The van der Waals surface area contributed by atoms with E-state index in [1.807, 2.05) is 12.1 Å². The summed E-state index contributed by atoms with van der Waals surface area (Å²) >= 11 is 0. The van der Waals surface area contributed by atoms with E-state index >= 15 is 0 Å². The molecule has 0 aliphatic rings. The van der Waals surface area contributed by atoms with E-state index in [1.54, 1.807) is 24.5 Å². The minimum atomic E-state index is -0.427. The second kappa shape index (κ2) is 7.35. The summed E-state index contributed by atoms with van der Waals surface area (Å²) in [6.45, 7) is 1.18. The summed E-state index contributed by atoms with van der Waals surface area (Å²) in [6, 6.07) is 9.94. The van der Waals surface area contributed by atoms with Crippen LogP contribution in [0.15, 0.2) is 48.8 Å². The second-order valence-electron chi connectivity index (χ2n) is 4.32. The maximum Gasteiger partial charge on any atom is 0.225 e. The molecule has 0 aliphatic heterocycles. The lowest BCUT2D eigenvalue weighted by atomic mass is 10.2. The highest BCUT2D eigenvalue weighted by atomic mass is 19.1. The topological polar surface area (TPSA) is 54.0 Å². The predicted octanol–water partition coefficient (Wildman–Crippen LogP) is 2.34. The summed E-state index contributed by atoms with van der Waals surface area (Å²) < 4.78 is 13.3. The molecular weight excluding hydrogens is 257 g/mol. The lowest BCUT2D eigenvalue weighted by Gasteiger charge is -2.07. The molecular formula is C15H16FN3O. The van der Waals surface area contributed by atoms with Crippen LogP contribution < -0.4 is 10.6 Å². The van der Waals surface area contributed by atoms with Crippen LogP contribution in [0.3, 0.4) is 0 Å². The van der Waals surface area contributed by atoms with Gasteiger partial charge in [0.15, 0.2) is 0 Å². The number of hydrogen-bond donors (Lipinski definition) is 2. The zero-order valence-corrected chi connectivity index (χ0v) is 11.0. The number of nitrogens with zero attached hydrogens (tertiary/aromatic N) is 1. The van der Waals surface area contributed by atoms with E-state index < -0.39 is 5.82 Å². The van der Waals surface area contributed by atoms with Gasteiger partial charge in [0, 0.05) is 31.9 Å². The minimum Gasteiger partial charge on any atom is -0.324 e. The summed E-state index contributed by atoms with van der Waals surface area (Å²) in [5, 5.41) is 5.68. The Hall–Kier alpha value is -2.27. The van der Waals surface area contributed by atoms with Crippen LogP contribution >= 0.6 is 0 Å². The van der Waals surface area contributed by atoms with E-state index in [4.69, 9.17) is 0 Å². The van der Waals surface area contributed by atoms with Crippen molar-refractivity contribution in [3.63, 3.8) is 0 Å². The quantitative estimate of drug-likeness (QED) is 0.794. The smallest absolute Gasteiger partial charge is 0.225 e. The zero-order chi connectivity index (χ0) is 14.2. The van der Waals surface area contributed by atoms with Crippen molar-refractivity contribution in [2.45, 2.75) is 13.0 Å². The van der Waals surface area contributed by atoms with Gasteiger partial charge in [0.25, 0.3) is 0 Å².